The van der Waals surface area contributed by atoms with Gasteiger partial charge in [-0.1, -0.05) is 32.2 Å². The van der Waals surface area contributed by atoms with Crippen LogP contribution in [0.15, 0.2) is 12.7 Å². The standard InChI is InChI=1S/C10H16O2S/c1-4-9(11)5-6-13-10(12)7-8(2)3/h4,8H,1,5-7H2,2-3H3. The fourth-order valence-electron chi connectivity index (χ4n) is 0.760. The van der Waals surface area contributed by atoms with Gasteiger partial charge < -0.3 is 0 Å². The fraction of sp³-hybridized carbons (Fsp3) is 0.600. The number of carbonyl (C=O) groups is 2. The summed E-state index contributed by atoms with van der Waals surface area (Å²) in [6, 6.07) is 0. The molecule has 0 fully saturated rings. The Morgan fingerprint density at radius 3 is 2.54 bits per heavy atom. The van der Waals surface area contributed by atoms with Gasteiger partial charge in [-0.3, -0.25) is 9.59 Å². The van der Waals surface area contributed by atoms with Crippen LogP contribution < -0.4 is 0 Å². The van der Waals surface area contributed by atoms with Crippen LogP contribution in [0.2, 0.25) is 0 Å². The van der Waals surface area contributed by atoms with Gasteiger partial charge in [-0.2, -0.15) is 0 Å². The highest BCUT2D eigenvalue weighted by Crippen LogP contribution is 2.12. The van der Waals surface area contributed by atoms with Gasteiger partial charge in [-0.05, 0) is 12.0 Å². The Kier molecular flexibility index (Phi) is 6.59. The van der Waals surface area contributed by atoms with Crippen molar-refractivity contribution in [3.05, 3.63) is 12.7 Å². The third kappa shape index (κ3) is 7.78. The molecule has 0 heterocycles. The van der Waals surface area contributed by atoms with E-state index in [0.717, 1.165) is 0 Å². The number of hydrogen-bond donors (Lipinski definition) is 0. The quantitative estimate of drug-likeness (QED) is 0.618. The zero-order valence-corrected chi connectivity index (χ0v) is 9.02. The maximum Gasteiger partial charge on any atom is 0.189 e. The Balaban J connectivity index is 3.48. The SMILES string of the molecule is C=CC(=O)CCSC(=O)CC(C)C. The largest absolute Gasteiger partial charge is 0.295 e. The minimum atomic E-state index is 0.00449. The molecule has 0 rings (SSSR count). The topological polar surface area (TPSA) is 34.1 Å². The van der Waals surface area contributed by atoms with E-state index in [9.17, 15) is 9.59 Å². The lowest BCUT2D eigenvalue weighted by atomic mass is 10.2. The summed E-state index contributed by atoms with van der Waals surface area (Å²) in [5.41, 5.74) is 0. The molecule has 0 saturated carbocycles. The number of thioether (sulfide) groups is 1. The van der Waals surface area contributed by atoms with E-state index in [4.69, 9.17) is 0 Å². The second kappa shape index (κ2) is 6.89. The summed E-state index contributed by atoms with van der Waals surface area (Å²) < 4.78 is 0. The van der Waals surface area contributed by atoms with E-state index in [1.807, 2.05) is 13.8 Å². The first kappa shape index (κ1) is 12.4. The van der Waals surface area contributed by atoms with E-state index in [1.165, 1.54) is 17.8 Å². The molecule has 0 aromatic rings. The van der Waals surface area contributed by atoms with E-state index in [-0.39, 0.29) is 10.9 Å². The van der Waals surface area contributed by atoms with Gasteiger partial charge in [-0.25, -0.2) is 0 Å². The molecule has 0 radical (unpaired) electrons. The predicted molar refractivity (Wildman–Crippen MR) is 56.7 cm³/mol. The van der Waals surface area contributed by atoms with E-state index in [1.54, 1.807) is 0 Å². The van der Waals surface area contributed by atoms with Crippen molar-refractivity contribution in [3.63, 3.8) is 0 Å². The van der Waals surface area contributed by atoms with Crippen molar-refractivity contribution in [2.45, 2.75) is 26.7 Å². The minimum Gasteiger partial charge on any atom is -0.295 e. The van der Waals surface area contributed by atoms with Gasteiger partial charge in [0.15, 0.2) is 10.9 Å². The van der Waals surface area contributed by atoms with Gasteiger partial charge in [0.1, 0.15) is 0 Å². The summed E-state index contributed by atoms with van der Waals surface area (Å²) in [5, 5.41) is 0.173. The molecule has 0 aliphatic carbocycles. The molecule has 0 atom stereocenters. The highest BCUT2D eigenvalue weighted by Gasteiger charge is 2.06. The third-order valence-electron chi connectivity index (χ3n) is 1.41. The average Bonchev–Trinajstić information content (AvgIpc) is 2.02. The van der Waals surface area contributed by atoms with Crippen molar-refractivity contribution in [3.8, 4) is 0 Å². The maximum absolute atomic E-state index is 11.1. The average molecular weight is 200 g/mol. The smallest absolute Gasteiger partial charge is 0.189 e. The molecule has 0 aliphatic heterocycles. The first-order valence-electron chi connectivity index (χ1n) is 4.37. The molecule has 0 aromatic carbocycles. The lowest BCUT2D eigenvalue weighted by Crippen LogP contribution is -2.01. The molecule has 0 aromatic heterocycles. The van der Waals surface area contributed by atoms with Crippen LogP contribution in [0, 0.1) is 5.92 Å². The molecule has 0 unspecified atom stereocenters. The van der Waals surface area contributed by atoms with Crippen molar-refractivity contribution >= 4 is 22.7 Å². The molecule has 74 valence electrons. The molecule has 0 spiro atoms. The van der Waals surface area contributed by atoms with E-state index in [2.05, 4.69) is 6.58 Å². The lowest BCUT2D eigenvalue weighted by Gasteiger charge is -2.01. The highest BCUT2D eigenvalue weighted by molar-refractivity contribution is 8.13. The molecule has 0 aliphatic rings. The Morgan fingerprint density at radius 2 is 2.08 bits per heavy atom. The lowest BCUT2D eigenvalue weighted by molar-refractivity contribution is -0.114. The molecule has 13 heavy (non-hydrogen) atoms. The van der Waals surface area contributed by atoms with E-state index >= 15 is 0 Å². The van der Waals surface area contributed by atoms with Gasteiger partial charge in [0, 0.05) is 18.6 Å². The number of ketones is 1. The monoisotopic (exact) mass is 200 g/mol. The number of rotatable bonds is 6. The first-order valence-corrected chi connectivity index (χ1v) is 5.35. The normalized spacial score (nSPS) is 10.1. The van der Waals surface area contributed by atoms with Crippen LogP contribution in [0.5, 0.6) is 0 Å². The Labute approximate surface area is 83.8 Å². The van der Waals surface area contributed by atoms with Crippen molar-refractivity contribution in [2.24, 2.45) is 5.92 Å². The van der Waals surface area contributed by atoms with Crippen LogP contribution >= 0.6 is 11.8 Å². The summed E-state index contributed by atoms with van der Waals surface area (Å²) >= 11 is 1.24. The van der Waals surface area contributed by atoms with Gasteiger partial charge in [-0.15, -0.1) is 0 Å². The zero-order valence-electron chi connectivity index (χ0n) is 8.21. The minimum absolute atomic E-state index is 0.00449. The van der Waals surface area contributed by atoms with Gasteiger partial charge in [0.25, 0.3) is 0 Å². The molecule has 3 heteroatoms. The van der Waals surface area contributed by atoms with Gasteiger partial charge in [0.2, 0.25) is 0 Å². The van der Waals surface area contributed by atoms with Crippen molar-refractivity contribution < 1.29 is 9.59 Å². The van der Waals surface area contributed by atoms with Crippen LogP contribution in [-0.2, 0) is 9.59 Å². The summed E-state index contributed by atoms with van der Waals surface area (Å²) in [5.74, 6) is 0.983. The van der Waals surface area contributed by atoms with E-state index in [0.29, 0.717) is 24.5 Å². The highest BCUT2D eigenvalue weighted by atomic mass is 32.2. The summed E-state index contributed by atoms with van der Waals surface area (Å²) in [6.45, 7) is 7.38. The molecular weight excluding hydrogens is 184 g/mol. The van der Waals surface area contributed by atoms with Crippen molar-refractivity contribution in [1.82, 2.24) is 0 Å². The Hall–Kier alpha value is -0.570. The number of carbonyl (C=O) groups excluding carboxylic acids is 2. The third-order valence-corrected chi connectivity index (χ3v) is 2.31. The summed E-state index contributed by atoms with van der Waals surface area (Å²) in [6.07, 6.45) is 2.30. The van der Waals surface area contributed by atoms with E-state index < -0.39 is 0 Å². The second-order valence-corrected chi connectivity index (χ2v) is 4.39. The van der Waals surface area contributed by atoms with Crippen LogP contribution in [0.25, 0.3) is 0 Å². The fourth-order valence-corrected chi connectivity index (χ4v) is 1.74. The molecule has 0 saturated heterocycles. The van der Waals surface area contributed by atoms with Crippen LogP contribution in [0.4, 0.5) is 0 Å². The van der Waals surface area contributed by atoms with Gasteiger partial charge >= 0.3 is 0 Å². The maximum atomic E-state index is 11.1. The molecule has 0 bridgehead atoms. The molecule has 0 N–H and O–H groups in total. The summed E-state index contributed by atoms with van der Waals surface area (Å²) in [7, 11) is 0. The molecular formula is C10H16O2S. The van der Waals surface area contributed by atoms with Crippen molar-refractivity contribution in [1.29, 1.82) is 0 Å². The summed E-state index contributed by atoms with van der Waals surface area (Å²) in [4.78, 5) is 21.9. The Bertz CT molecular complexity index is 197. The predicted octanol–water partition coefficient (Wildman–Crippen LogP) is 2.44. The zero-order chi connectivity index (χ0) is 10.3. The number of allylic oxidation sites excluding steroid dienone is 1. The van der Waals surface area contributed by atoms with Crippen LogP contribution in [0.3, 0.4) is 0 Å². The van der Waals surface area contributed by atoms with Crippen LogP contribution in [0.1, 0.15) is 26.7 Å². The van der Waals surface area contributed by atoms with Crippen LogP contribution in [-0.4, -0.2) is 16.7 Å². The van der Waals surface area contributed by atoms with Gasteiger partial charge in [0.05, 0.1) is 0 Å². The number of hydrogen-bond acceptors (Lipinski definition) is 3. The second-order valence-electron chi connectivity index (χ2n) is 3.24. The van der Waals surface area contributed by atoms with Crippen molar-refractivity contribution in [2.75, 3.05) is 5.75 Å². The Morgan fingerprint density at radius 1 is 1.46 bits per heavy atom. The molecule has 0 amide bonds. The first-order chi connectivity index (χ1) is 6.06. The molecule has 2 nitrogen and oxygen atoms in total.